The minimum absolute atomic E-state index is 0.0270. The van der Waals surface area contributed by atoms with Gasteiger partial charge in [-0.25, -0.2) is 4.79 Å². The molecule has 0 fully saturated rings. The van der Waals surface area contributed by atoms with Gasteiger partial charge in [0, 0.05) is 6.54 Å². The number of carbonyl (C=O) groups is 1. The fourth-order valence-electron chi connectivity index (χ4n) is 1.86. The topological polar surface area (TPSA) is 52.6 Å². The summed E-state index contributed by atoms with van der Waals surface area (Å²) in [7, 11) is 0. The van der Waals surface area contributed by atoms with Gasteiger partial charge in [0.15, 0.2) is 0 Å². The number of amides is 2. The molecule has 1 aromatic carbocycles. The molecule has 15 heavy (non-hydrogen) atoms. The maximum Gasteiger partial charge on any atom is 0.322 e. The minimum atomic E-state index is -0.137. The first-order chi connectivity index (χ1) is 7.24. The van der Waals surface area contributed by atoms with Crippen molar-refractivity contribution >= 4 is 11.7 Å². The van der Waals surface area contributed by atoms with Crippen molar-refractivity contribution in [3.8, 4) is 0 Å². The summed E-state index contributed by atoms with van der Waals surface area (Å²) < 4.78 is 0. The number of aliphatic hydroxyl groups excluding tert-OH is 1. The third-order valence-electron chi connectivity index (χ3n) is 2.66. The molecule has 80 valence electrons. The average molecular weight is 206 g/mol. The lowest BCUT2D eigenvalue weighted by molar-refractivity contribution is 0.240. The molecule has 0 radical (unpaired) electrons. The van der Waals surface area contributed by atoms with E-state index < -0.39 is 0 Å². The Morgan fingerprint density at radius 2 is 2.33 bits per heavy atom. The van der Waals surface area contributed by atoms with Gasteiger partial charge in [0.1, 0.15) is 0 Å². The van der Waals surface area contributed by atoms with Gasteiger partial charge in [0.05, 0.1) is 18.8 Å². The van der Waals surface area contributed by atoms with Crippen molar-refractivity contribution < 1.29 is 9.90 Å². The van der Waals surface area contributed by atoms with E-state index >= 15 is 0 Å². The summed E-state index contributed by atoms with van der Waals surface area (Å²) in [6, 6.07) is 5.73. The molecule has 2 rings (SSSR count). The SMILES string of the molecule is Cc1cccc2c1CNC(=O)N2CCO. The van der Waals surface area contributed by atoms with Crippen LogP contribution in [0.15, 0.2) is 18.2 Å². The summed E-state index contributed by atoms with van der Waals surface area (Å²) in [4.78, 5) is 13.1. The fourth-order valence-corrected chi connectivity index (χ4v) is 1.86. The second-order valence-corrected chi connectivity index (χ2v) is 3.61. The first-order valence-electron chi connectivity index (χ1n) is 4.98. The van der Waals surface area contributed by atoms with E-state index in [1.54, 1.807) is 4.90 Å². The summed E-state index contributed by atoms with van der Waals surface area (Å²) in [5, 5.41) is 11.7. The lowest BCUT2D eigenvalue weighted by atomic mass is 10.0. The summed E-state index contributed by atoms with van der Waals surface area (Å²) in [6.07, 6.45) is 0. The number of hydrogen-bond donors (Lipinski definition) is 2. The van der Waals surface area contributed by atoms with Crippen molar-refractivity contribution in [1.29, 1.82) is 0 Å². The summed E-state index contributed by atoms with van der Waals surface area (Å²) >= 11 is 0. The number of β-amino-alcohol motifs (C(OH)–C–C–N with tert-alkyl or cyclic N) is 1. The molecule has 2 amide bonds. The number of rotatable bonds is 2. The predicted molar refractivity (Wildman–Crippen MR) is 57.8 cm³/mol. The molecule has 4 nitrogen and oxygen atoms in total. The minimum Gasteiger partial charge on any atom is -0.395 e. The van der Waals surface area contributed by atoms with Crippen LogP contribution in [0.25, 0.3) is 0 Å². The Morgan fingerprint density at radius 1 is 1.53 bits per heavy atom. The van der Waals surface area contributed by atoms with Crippen LogP contribution < -0.4 is 10.2 Å². The molecule has 0 spiro atoms. The zero-order valence-corrected chi connectivity index (χ0v) is 8.66. The van der Waals surface area contributed by atoms with Crippen LogP contribution in [-0.2, 0) is 6.54 Å². The Morgan fingerprint density at radius 3 is 3.07 bits per heavy atom. The Balaban J connectivity index is 2.43. The molecule has 0 aliphatic carbocycles. The standard InChI is InChI=1S/C11H14N2O2/c1-8-3-2-4-10-9(8)7-12-11(15)13(10)5-6-14/h2-4,14H,5-7H2,1H3,(H,12,15). The van der Waals surface area contributed by atoms with E-state index in [-0.39, 0.29) is 12.6 Å². The number of nitrogens with one attached hydrogen (secondary N) is 1. The molecule has 0 atom stereocenters. The van der Waals surface area contributed by atoms with Gasteiger partial charge in [-0.15, -0.1) is 0 Å². The molecule has 1 aliphatic heterocycles. The van der Waals surface area contributed by atoms with Crippen molar-refractivity contribution in [2.45, 2.75) is 13.5 Å². The Kier molecular flexibility index (Phi) is 2.60. The van der Waals surface area contributed by atoms with E-state index in [1.165, 1.54) is 0 Å². The quantitative estimate of drug-likeness (QED) is 0.759. The maximum absolute atomic E-state index is 11.6. The predicted octanol–water partition coefficient (Wildman–Crippen LogP) is 1.02. The molecule has 0 aromatic heterocycles. The number of aliphatic hydroxyl groups is 1. The third kappa shape index (κ3) is 1.68. The number of benzene rings is 1. The second-order valence-electron chi connectivity index (χ2n) is 3.61. The number of carbonyl (C=O) groups excluding carboxylic acids is 1. The van der Waals surface area contributed by atoms with Gasteiger partial charge in [-0.1, -0.05) is 12.1 Å². The highest BCUT2D eigenvalue weighted by Gasteiger charge is 2.23. The van der Waals surface area contributed by atoms with Crippen LogP contribution in [-0.4, -0.2) is 24.3 Å². The van der Waals surface area contributed by atoms with Gasteiger partial charge in [0.2, 0.25) is 0 Å². The van der Waals surface area contributed by atoms with Crippen molar-refractivity contribution in [3.05, 3.63) is 29.3 Å². The van der Waals surface area contributed by atoms with Gasteiger partial charge in [-0.2, -0.15) is 0 Å². The Labute approximate surface area is 88.5 Å². The van der Waals surface area contributed by atoms with Crippen LogP contribution in [0.5, 0.6) is 0 Å². The van der Waals surface area contributed by atoms with Crippen LogP contribution in [0.4, 0.5) is 10.5 Å². The first kappa shape index (κ1) is 9.98. The smallest absolute Gasteiger partial charge is 0.322 e. The Hall–Kier alpha value is -1.55. The van der Waals surface area contributed by atoms with E-state index in [1.807, 2.05) is 25.1 Å². The van der Waals surface area contributed by atoms with Crippen molar-refractivity contribution in [3.63, 3.8) is 0 Å². The molecular formula is C11H14N2O2. The number of urea groups is 1. The van der Waals surface area contributed by atoms with Crippen LogP contribution >= 0.6 is 0 Å². The number of hydrogen-bond acceptors (Lipinski definition) is 2. The van der Waals surface area contributed by atoms with Crippen LogP contribution in [0.1, 0.15) is 11.1 Å². The van der Waals surface area contributed by atoms with Crippen molar-refractivity contribution in [2.24, 2.45) is 0 Å². The molecule has 0 saturated heterocycles. The number of fused-ring (bicyclic) bond motifs is 1. The third-order valence-corrected chi connectivity index (χ3v) is 2.66. The van der Waals surface area contributed by atoms with Gasteiger partial charge in [-0.05, 0) is 24.1 Å². The molecule has 0 unspecified atom stereocenters. The van der Waals surface area contributed by atoms with E-state index in [2.05, 4.69) is 5.32 Å². The number of aryl methyl sites for hydroxylation is 1. The largest absolute Gasteiger partial charge is 0.395 e. The van der Waals surface area contributed by atoms with Gasteiger partial charge < -0.3 is 10.4 Å². The Bertz CT molecular complexity index is 390. The number of anilines is 1. The lowest BCUT2D eigenvalue weighted by Crippen LogP contribution is -2.45. The van der Waals surface area contributed by atoms with Gasteiger partial charge in [-0.3, -0.25) is 4.90 Å². The maximum atomic E-state index is 11.6. The molecule has 1 aromatic rings. The van der Waals surface area contributed by atoms with Crippen LogP contribution in [0.2, 0.25) is 0 Å². The summed E-state index contributed by atoms with van der Waals surface area (Å²) in [5.41, 5.74) is 3.20. The fraction of sp³-hybridized carbons (Fsp3) is 0.364. The zero-order valence-electron chi connectivity index (χ0n) is 8.66. The molecular weight excluding hydrogens is 192 g/mol. The average Bonchev–Trinajstić information content (AvgIpc) is 2.23. The zero-order chi connectivity index (χ0) is 10.8. The van der Waals surface area contributed by atoms with E-state index in [0.29, 0.717) is 13.1 Å². The monoisotopic (exact) mass is 206 g/mol. The molecule has 0 saturated carbocycles. The lowest BCUT2D eigenvalue weighted by Gasteiger charge is -2.30. The highest BCUT2D eigenvalue weighted by molar-refractivity contribution is 5.95. The summed E-state index contributed by atoms with van der Waals surface area (Å²) in [5.74, 6) is 0. The summed E-state index contributed by atoms with van der Waals surface area (Å²) in [6.45, 7) is 2.90. The van der Waals surface area contributed by atoms with Gasteiger partial charge in [0.25, 0.3) is 0 Å². The van der Waals surface area contributed by atoms with Crippen molar-refractivity contribution in [1.82, 2.24) is 5.32 Å². The normalized spacial score (nSPS) is 14.8. The van der Waals surface area contributed by atoms with E-state index in [4.69, 9.17) is 5.11 Å². The van der Waals surface area contributed by atoms with Crippen molar-refractivity contribution in [2.75, 3.05) is 18.1 Å². The van der Waals surface area contributed by atoms with Crippen LogP contribution in [0.3, 0.4) is 0 Å². The van der Waals surface area contributed by atoms with Crippen LogP contribution in [0, 0.1) is 6.92 Å². The first-order valence-corrected chi connectivity index (χ1v) is 4.98. The van der Waals surface area contributed by atoms with Gasteiger partial charge >= 0.3 is 6.03 Å². The molecule has 1 heterocycles. The van der Waals surface area contributed by atoms with E-state index in [9.17, 15) is 4.79 Å². The highest BCUT2D eigenvalue weighted by atomic mass is 16.3. The molecule has 0 bridgehead atoms. The second kappa shape index (κ2) is 3.90. The highest BCUT2D eigenvalue weighted by Crippen LogP contribution is 2.26. The van der Waals surface area contributed by atoms with E-state index in [0.717, 1.165) is 16.8 Å². The molecule has 2 N–H and O–H groups in total. The number of nitrogens with zero attached hydrogens (tertiary/aromatic N) is 1. The molecule has 4 heteroatoms. The molecule has 1 aliphatic rings.